The lowest BCUT2D eigenvalue weighted by Gasteiger charge is -2.32. The van der Waals surface area contributed by atoms with Gasteiger partial charge < -0.3 is 5.32 Å². The van der Waals surface area contributed by atoms with Crippen LogP contribution in [0.25, 0.3) is 0 Å². The number of hydrogen-bond acceptors (Lipinski definition) is 1. The number of allylic oxidation sites excluding steroid dienone is 5. The fraction of sp³-hybridized carbons (Fsp3) is 0.714. The normalized spacial score (nSPS) is 19.2. The van der Waals surface area contributed by atoms with Gasteiger partial charge in [0.15, 0.2) is 0 Å². The Morgan fingerprint density at radius 3 is 2.03 bits per heavy atom. The van der Waals surface area contributed by atoms with Crippen molar-refractivity contribution in [3.8, 4) is 0 Å². The monoisotopic (exact) mass is 419 g/mol. The molecule has 0 aromatic heterocycles. The Bertz CT molecular complexity index is 511. The van der Waals surface area contributed by atoms with E-state index < -0.39 is 0 Å². The fourth-order valence-electron chi connectivity index (χ4n) is 4.12. The van der Waals surface area contributed by atoms with Gasteiger partial charge in [0.25, 0.3) is 0 Å². The van der Waals surface area contributed by atoms with Crippen molar-refractivity contribution in [2.24, 2.45) is 11.3 Å². The molecular weight excluding hydrogens is 369 g/mol. The molecule has 30 heavy (non-hydrogen) atoms. The van der Waals surface area contributed by atoms with Gasteiger partial charge in [-0.2, -0.15) is 0 Å². The number of halogens is 1. The van der Waals surface area contributed by atoms with Crippen molar-refractivity contribution in [3.63, 3.8) is 0 Å². The summed E-state index contributed by atoms with van der Waals surface area (Å²) in [6.45, 7) is 16.3. The van der Waals surface area contributed by atoms with E-state index in [2.05, 4.69) is 45.3 Å². The Morgan fingerprint density at radius 2 is 1.60 bits per heavy atom. The smallest absolute Gasteiger partial charge is 0.0899 e. The van der Waals surface area contributed by atoms with Gasteiger partial charge in [-0.1, -0.05) is 88.3 Å². The van der Waals surface area contributed by atoms with E-state index in [0.29, 0.717) is 5.41 Å². The van der Waals surface area contributed by atoms with Crippen LogP contribution in [-0.4, -0.2) is 13.7 Å². The van der Waals surface area contributed by atoms with Crippen LogP contribution in [-0.2, 0) is 0 Å². The molecule has 0 atom stereocenters. The second-order valence-electron chi connectivity index (χ2n) is 9.53. The lowest BCUT2D eigenvalue weighted by molar-refractivity contribution is 0.181. The van der Waals surface area contributed by atoms with Gasteiger partial charge >= 0.3 is 0 Å². The van der Waals surface area contributed by atoms with Crippen molar-refractivity contribution in [3.05, 3.63) is 48.2 Å². The van der Waals surface area contributed by atoms with Crippen LogP contribution < -0.4 is 5.32 Å². The Balaban J connectivity index is 0.000000442. The molecule has 2 heteroatoms. The predicted molar refractivity (Wildman–Crippen MR) is 135 cm³/mol. The summed E-state index contributed by atoms with van der Waals surface area (Å²) in [6, 6.07) is 0. The van der Waals surface area contributed by atoms with E-state index in [9.17, 15) is 4.39 Å². The van der Waals surface area contributed by atoms with E-state index >= 15 is 0 Å². The van der Waals surface area contributed by atoms with E-state index in [1.54, 1.807) is 0 Å². The summed E-state index contributed by atoms with van der Waals surface area (Å²) in [5.74, 6) is 0.787. The average Bonchev–Trinajstić information content (AvgIpc) is 2.74. The van der Waals surface area contributed by atoms with Crippen LogP contribution in [0.3, 0.4) is 0 Å². The Morgan fingerprint density at radius 1 is 1.03 bits per heavy atom. The molecule has 0 saturated heterocycles. The Kier molecular flexibility index (Phi) is 16.6. The topological polar surface area (TPSA) is 12.0 Å². The second kappa shape index (κ2) is 17.4. The zero-order chi connectivity index (χ0) is 22.8. The molecule has 0 unspecified atom stereocenters. The van der Waals surface area contributed by atoms with E-state index in [0.717, 1.165) is 24.3 Å². The van der Waals surface area contributed by atoms with Crippen LogP contribution in [0.5, 0.6) is 0 Å². The maximum Gasteiger partial charge on any atom is 0.0899 e. The number of alkyl halides is 1. The largest absolute Gasteiger partial charge is 0.394 e. The number of nitrogens with one attached hydrogen (secondary N) is 1. The number of rotatable bonds is 7. The molecule has 174 valence electrons. The van der Waals surface area contributed by atoms with E-state index in [4.69, 9.17) is 0 Å². The maximum absolute atomic E-state index is 12.0. The third-order valence-corrected chi connectivity index (χ3v) is 6.41. The van der Waals surface area contributed by atoms with Gasteiger partial charge in [-0.05, 0) is 76.0 Å². The third-order valence-electron chi connectivity index (χ3n) is 6.41. The molecule has 2 rings (SSSR count). The van der Waals surface area contributed by atoms with Crippen molar-refractivity contribution in [2.45, 2.75) is 105 Å². The first-order valence-corrected chi connectivity index (χ1v) is 12.2. The average molecular weight is 420 g/mol. The molecular formula is C28H50FN. The van der Waals surface area contributed by atoms with Crippen molar-refractivity contribution >= 4 is 0 Å². The highest BCUT2D eigenvalue weighted by molar-refractivity contribution is 5.22. The summed E-state index contributed by atoms with van der Waals surface area (Å²) in [6.07, 6.45) is 21.5. The van der Waals surface area contributed by atoms with Crippen LogP contribution in [0.2, 0.25) is 0 Å². The highest BCUT2D eigenvalue weighted by Crippen LogP contribution is 2.38. The molecule has 2 saturated carbocycles. The molecule has 0 aromatic carbocycles. The zero-order valence-electron chi connectivity index (χ0n) is 20.8. The minimum Gasteiger partial charge on any atom is -0.394 e. The lowest BCUT2D eigenvalue weighted by Crippen LogP contribution is -2.20. The minimum atomic E-state index is -0.128. The van der Waals surface area contributed by atoms with Gasteiger partial charge in [-0.15, -0.1) is 0 Å². The molecule has 0 radical (unpaired) electrons. The van der Waals surface area contributed by atoms with E-state index in [-0.39, 0.29) is 6.67 Å². The van der Waals surface area contributed by atoms with Crippen LogP contribution >= 0.6 is 0 Å². The first-order valence-electron chi connectivity index (χ1n) is 12.2. The molecule has 1 nitrogen and oxygen atoms in total. The predicted octanol–water partition coefficient (Wildman–Crippen LogP) is 9.09. The second-order valence-corrected chi connectivity index (χ2v) is 9.53. The molecule has 2 fully saturated rings. The molecule has 1 N–H and O–H groups in total. The van der Waals surface area contributed by atoms with Gasteiger partial charge in [-0.25, -0.2) is 0 Å². The molecule has 0 spiro atoms. The summed E-state index contributed by atoms with van der Waals surface area (Å²) in [5, 5.41) is 2.86. The van der Waals surface area contributed by atoms with Gasteiger partial charge in [0.2, 0.25) is 0 Å². The molecule has 0 aromatic rings. The highest BCUT2D eigenvalue weighted by Gasteiger charge is 2.25. The zero-order valence-corrected chi connectivity index (χ0v) is 20.8. The standard InChI is InChI=1S/C13H22.C9H17F.C6H11N/c1-4-11(2)10-12(3)13-8-6-5-7-9-13;1-9(7-8-10)5-3-2-4-6-9;1-6(2)4-5-7-3/h10,13H,3-9H2,1-2H3;2-8H2,1H3;4-5,7H,1H2,2-3H3/b11-10-;;5-4-. The highest BCUT2D eigenvalue weighted by atomic mass is 19.1. The fourth-order valence-corrected chi connectivity index (χ4v) is 4.12. The molecule has 0 heterocycles. The molecule has 0 bridgehead atoms. The third kappa shape index (κ3) is 14.6. The van der Waals surface area contributed by atoms with Crippen molar-refractivity contribution < 1.29 is 4.39 Å². The summed E-state index contributed by atoms with van der Waals surface area (Å²) < 4.78 is 12.0. The van der Waals surface area contributed by atoms with Crippen molar-refractivity contribution in [2.75, 3.05) is 13.7 Å². The summed E-state index contributed by atoms with van der Waals surface area (Å²) >= 11 is 0. The van der Waals surface area contributed by atoms with Gasteiger partial charge in [0, 0.05) is 7.05 Å². The SMILES string of the molecule is C=C(/C=C(/C)CC)C1CCCCC1.C=C(C)/C=C\NC.CC1(CCF)CCCCC1. The quantitative estimate of drug-likeness (QED) is 0.406. The van der Waals surface area contributed by atoms with Gasteiger partial charge in [-0.3, -0.25) is 4.39 Å². The van der Waals surface area contributed by atoms with Crippen LogP contribution in [0.1, 0.15) is 105 Å². The Labute approximate surface area is 188 Å². The van der Waals surface area contributed by atoms with Crippen LogP contribution in [0.15, 0.2) is 48.2 Å². The summed E-state index contributed by atoms with van der Waals surface area (Å²) in [5.41, 5.74) is 4.26. The minimum absolute atomic E-state index is 0.128. The van der Waals surface area contributed by atoms with Crippen LogP contribution in [0.4, 0.5) is 4.39 Å². The van der Waals surface area contributed by atoms with Crippen molar-refractivity contribution in [1.82, 2.24) is 5.32 Å². The number of hydrogen-bond donors (Lipinski definition) is 1. The molecule has 0 amide bonds. The molecule has 0 aliphatic heterocycles. The van der Waals surface area contributed by atoms with Gasteiger partial charge in [0.1, 0.15) is 0 Å². The van der Waals surface area contributed by atoms with Crippen molar-refractivity contribution in [1.29, 1.82) is 0 Å². The van der Waals surface area contributed by atoms with Gasteiger partial charge in [0.05, 0.1) is 6.67 Å². The maximum atomic E-state index is 12.0. The first-order chi connectivity index (χ1) is 14.3. The summed E-state index contributed by atoms with van der Waals surface area (Å²) in [4.78, 5) is 0. The first kappa shape index (κ1) is 28.7. The van der Waals surface area contributed by atoms with E-state index in [1.165, 1.54) is 75.4 Å². The summed E-state index contributed by atoms with van der Waals surface area (Å²) in [7, 11) is 1.86. The Hall–Kier alpha value is -1.31. The molecule has 2 aliphatic carbocycles. The van der Waals surface area contributed by atoms with E-state index in [1.807, 2.05) is 26.2 Å². The lowest BCUT2D eigenvalue weighted by atomic mass is 9.74. The molecule has 2 aliphatic rings. The van der Waals surface area contributed by atoms with Crippen LogP contribution in [0, 0.1) is 11.3 Å².